The van der Waals surface area contributed by atoms with Crippen molar-refractivity contribution in [2.24, 2.45) is 5.73 Å². The predicted octanol–water partition coefficient (Wildman–Crippen LogP) is 4.03. The average Bonchev–Trinajstić information content (AvgIpc) is 2.85. The molecule has 2 N–H and O–H groups in total. The van der Waals surface area contributed by atoms with Crippen LogP contribution >= 0.6 is 27.3 Å². The van der Waals surface area contributed by atoms with E-state index in [0.29, 0.717) is 0 Å². The van der Waals surface area contributed by atoms with Gasteiger partial charge in [0.25, 0.3) is 0 Å². The minimum atomic E-state index is 0.103. The average molecular weight is 339 g/mol. The molecule has 1 heterocycles. The van der Waals surface area contributed by atoms with Crippen LogP contribution in [-0.2, 0) is 6.54 Å². The maximum atomic E-state index is 6.17. The Kier molecular flexibility index (Phi) is 5.16. The monoisotopic (exact) mass is 338 g/mol. The molecule has 1 aromatic heterocycles. The van der Waals surface area contributed by atoms with Gasteiger partial charge in [0.2, 0.25) is 0 Å². The summed E-state index contributed by atoms with van der Waals surface area (Å²) in [6.07, 6.45) is 0. The van der Waals surface area contributed by atoms with E-state index in [1.807, 2.05) is 6.07 Å². The molecule has 0 radical (unpaired) electrons. The lowest BCUT2D eigenvalue weighted by atomic mass is 10.1. The fraction of sp³-hybridized carbons (Fsp3) is 0.333. The lowest BCUT2D eigenvalue weighted by molar-refractivity contribution is 0.214. The standard InChI is InChI=1S/C15H19BrN2S/c1-11(17)15(14-8-5-9-19-14)18(2)10-12-6-3-4-7-13(12)16/h3-9,11,15H,10,17H2,1-2H3. The lowest BCUT2D eigenvalue weighted by Crippen LogP contribution is -2.36. The van der Waals surface area contributed by atoms with Crippen LogP contribution in [0.4, 0.5) is 0 Å². The minimum Gasteiger partial charge on any atom is -0.326 e. The molecule has 0 aliphatic heterocycles. The van der Waals surface area contributed by atoms with Crippen molar-refractivity contribution < 1.29 is 0 Å². The second-order valence-electron chi connectivity index (χ2n) is 4.83. The van der Waals surface area contributed by atoms with Crippen LogP contribution in [-0.4, -0.2) is 18.0 Å². The van der Waals surface area contributed by atoms with Gasteiger partial charge in [-0.25, -0.2) is 0 Å². The summed E-state index contributed by atoms with van der Waals surface area (Å²) < 4.78 is 1.15. The molecule has 2 atom stereocenters. The Morgan fingerprint density at radius 1 is 1.26 bits per heavy atom. The van der Waals surface area contributed by atoms with Crippen LogP contribution in [0.5, 0.6) is 0 Å². The summed E-state index contributed by atoms with van der Waals surface area (Å²) in [4.78, 5) is 3.64. The molecule has 4 heteroatoms. The van der Waals surface area contributed by atoms with E-state index in [2.05, 4.69) is 70.5 Å². The van der Waals surface area contributed by atoms with E-state index in [9.17, 15) is 0 Å². The van der Waals surface area contributed by atoms with Gasteiger partial charge in [-0.05, 0) is 37.0 Å². The Bertz CT molecular complexity index is 511. The molecule has 2 aromatic rings. The van der Waals surface area contributed by atoms with Crippen molar-refractivity contribution in [3.8, 4) is 0 Å². The van der Waals surface area contributed by atoms with Crippen molar-refractivity contribution in [1.82, 2.24) is 4.90 Å². The first-order valence-corrected chi connectivity index (χ1v) is 7.99. The Labute approximate surface area is 127 Å². The van der Waals surface area contributed by atoms with E-state index in [0.717, 1.165) is 11.0 Å². The number of nitrogens with zero attached hydrogens (tertiary/aromatic N) is 1. The van der Waals surface area contributed by atoms with Gasteiger partial charge < -0.3 is 5.73 Å². The van der Waals surface area contributed by atoms with Crippen LogP contribution in [0.15, 0.2) is 46.3 Å². The molecule has 0 aliphatic rings. The van der Waals surface area contributed by atoms with Crippen LogP contribution in [0, 0.1) is 0 Å². The van der Waals surface area contributed by atoms with Crippen molar-refractivity contribution in [1.29, 1.82) is 0 Å². The number of rotatable bonds is 5. The van der Waals surface area contributed by atoms with Crippen molar-refractivity contribution >= 4 is 27.3 Å². The second-order valence-corrected chi connectivity index (χ2v) is 6.66. The number of benzene rings is 1. The molecule has 0 amide bonds. The molecule has 0 bridgehead atoms. The predicted molar refractivity (Wildman–Crippen MR) is 86.3 cm³/mol. The summed E-state index contributed by atoms with van der Waals surface area (Å²) in [5.74, 6) is 0. The molecule has 1 aromatic carbocycles. The van der Waals surface area contributed by atoms with E-state index in [1.165, 1.54) is 10.4 Å². The van der Waals surface area contributed by atoms with Gasteiger partial charge >= 0.3 is 0 Å². The Morgan fingerprint density at radius 2 is 2.00 bits per heavy atom. The zero-order valence-corrected chi connectivity index (χ0v) is 13.6. The van der Waals surface area contributed by atoms with E-state index >= 15 is 0 Å². The number of nitrogens with two attached hydrogens (primary N) is 1. The summed E-state index contributed by atoms with van der Waals surface area (Å²) in [5.41, 5.74) is 7.46. The lowest BCUT2D eigenvalue weighted by Gasteiger charge is -2.30. The van der Waals surface area contributed by atoms with Gasteiger partial charge in [-0.1, -0.05) is 40.2 Å². The third kappa shape index (κ3) is 3.66. The molecular weight excluding hydrogens is 320 g/mol. The zero-order chi connectivity index (χ0) is 13.8. The van der Waals surface area contributed by atoms with Gasteiger partial charge in [0.15, 0.2) is 0 Å². The molecule has 0 fully saturated rings. The zero-order valence-electron chi connectivity index (χ0n) is 11.2. The summed E-state index contributed by atoms with van der Waals surface area (Å²) in [6, 6.07) is 12.9. The topological polar surface area (TPSA) is 29.3 Å². The third-order valence-electron chi connectivity index (χ3n) is 3.19. The molecule has 0 aliphatic carbocycles. The van der Waals surface area contributed by atoms with Crippen molar-refractivity contribution in [2.45, 2.75) is 25.6 Å². The van der Waals surface area contributed by atoms with Crippen LogP contribution in [0.3, 0.4) is 0 Å². The van der Waals surface area contributed by atoms with E-state index in [1.54, 1.807) is 11.3 Å². The number of thiophene rings is 1. The van der Waals surface area contributed by atoms with Crippen molar-refractivity contribution in [2.75, 3.05) is 7.05 Å². The number of halogens is 1. The highest BCUT2D eigenvalue weighted by atomic mass is 79.9. The van der Waals surface area contributed by atoms with Gasteiger partial charge in [-0.2, -0.15) is 0 Å². The largest absolute Gasteiger partial charge is 0.326 e. The number of hydrogen-bond donors (Lipinski definition) is 1. The van der Waals surface area contributed by atoms with E-state index in [-0.39, 0.29) is 12.1 Å². The summed E-state index contributed by atoms with van der Waals surface area (Å²) >= 11 is 5.37. The molecule has 0 saturated heterocycles. The smallest absolute Gasteiger partial charge is 0.0591 e. The number of likely N-dealkylation sites (N-methyl/N-ethyl adjacent to an activating group) is 1. The Hall–Kier alpha value is -0.680. The quantitative estimate of drug-likeness (QED) is 0.891. The van der Waals surface area contributed by atoms with Gasteiger partial charge in [-0.3, -0.25) is 4.90 Å². The SMILES string of the molecule is CC(N)C(c1cccs1)N(C)Cc1ccccc1Br. The first-order valence-electron chi connectivity index (χ1n) is 6.32. The van der Waals surface area contributed by atoms with Crippen LogP contribution in [0.2, 0.25) is 0 Å². The Morgan fingerprint density at radius 3 is 2.58 bits per heavy atom. The molecular formula is C15H19BrN2S. The molecule has 2 nitrogen and oxygen atoms in total. The first-order chi connectivity index (χ1) is 9.09. The summed E-state index contributed by atoms with van der Waals surface area (Å²) in [6.45, 7) is 2.95. The maximum Gasteiger partial charge on any atom is 0.0591 e. The van der Waals surface area contributed by atoms with Gasteiger partial charge in [0.1, 0.15) is 0 Å². The molecule has 19 heavy (non-hydrogen) atoms. The van der Waals surface area contributed by atoms with Crippen LogP contribution < -0.4 is 5.73 Å². The van der Waals surface area contributed by atoms with Gasteiger partial charge in [0.05, 0.1) is 6.04 Å². The summed E-state index contributed by atoms with van der Waals surface area (Å²) in [7, 11) is 2.13. The van der Waals surface area contributed by atoms with Gasteiger partial charge in [0, 0.05) is 21.9 Å². The van der Waals surface area contributed by atoms with Crippen molar-refractivity contribution in [3.63, 3.8) is 0 Å². The maximum absolute atomic E-state index is 6.17. The van der Waals surface area contributed by atoms with E-state index in [4.69, 9.17) is 5.73 Å². The molecule has 0 saturated carbocycles. The van der Waals surface area contributed by atoms with Gasteiger partial charge in [-0.15, -0.1) is 11.3 Å². The van der Waals surface area contributed by atoms with Crippen LogP contribution in [0.25, 0.3) is 0 Å². The van der Waals surface area contributed by atoms with Crippen molar-refractivity contribution in [3.05, 3.63) is 56.7 Å². The second kappa shape index (κ2) is 6.66. The van der Waals surface area contributed by atoms with E-state index < -0.39 is 0 Å². The Balaban J connectivity index is 2.17. The van der Waals surface area contributed by atoms with Crippen LogP contribution in [0.1, 0.15) is 23.4 Å². The molecule has 2 unspecified atom stereocenters. The highest BCUT2D eigenvalue weighted by molar-refractivity contribution is 9.10. The highest BCUT2D eigenvalue weighted by Crippen LogP contribution is 2.28. The summed E-state index contributed by atoms with van der Waals surface area (Å²) in [5, 5.41) is 2.11. The highest BCUT2D eigenvalue weighted by Gasteiger charge is 2.22. The molecule has 0 spiro atoms. The third-order valence-corrected chi connectivity index (χ3v) is 4.90. The normalized spacial score (nSPS) is 14.6. The molecule has 102 valence electrons. The first kappa shape index (κ1) is 14.7. The fourth-order valence-electron chi connectivity index (χ4n) is 2.33. The number of hydrogen-bond acceptors (Lipinski definition) is 3. The molecule has 2 rings (SSSR count). The minimum absolute atomic E-state index is 0.103. The fourth-order valence-corrected chi connectivity index (χ4v) is 3.75.